The van der Waals surface area contributed by atoms with Gasteiger partial charge in [0.25, 0.3) is 5.91 Å². The molecule has 4 aromatic carbocycles. The quantitative estimate of drug-likeness (QED) is 0.377. The van der Waals surface area contributed by atoms with E-state index in [1.54, 1.807) is 0 Å². The average Bonchev–Trinajstić information content (AvgIpc) is 2.79. The molecule has 1 heterocycles. The van der Waals surface area contributed by atoms with Gasteiger partial charge in [0, 0.05) is 22.0 Å². The van der Waals surface area contributed by atoms with Crippen molar-refractivity contribution in [1.82, 2.24) is 4.98 Å². The second-order valence-corrected chi connectivity index (χ2v) is 7.37. The number of carbonyl (C=O) groups excluding carboxylic acids is 1. The number of fused-ring (bicyclic) bond motifs is 2. The van der Waals surface area contributed by atoms with E-state index in [0.29, 0.717) is 5.56 Å². The van der Waals surface area contributed by atoms with Crippen molar-refractivity contribution in [2.75, 3.05) is 5.32 Å². The van der Waals surface area contributed by atoms with Gasteiger partial charge in [-0.05, 0) is 30.0 Å². The molecule has 0 aliphatic heterocycles. The number of nitrogens with zero attached hydrogens (tertiary/aromatic N) is 1. The Morgan fingerprint density at radius 1 is 0.767 bits per heavy atom. The van der Waals surface area contributed by atoms with E-state index in [2.05, 4.69) is 5.32 Å². The van der Waals surface area contributed by atoms with E-state index in [4.69, 9.17) is 4.98 Å². The summed E-state index contributed by atoms with van der Waals surface area (Å²) in [6.07, 6.45) is 0. The lowest BCUT2D eigenvalue weighted by atomic mass is 10.0. The minimum absolute atomic E-state index is 0.137. The summed E-state index contributed by atoms with van der Waals surface area (Å²) in [5, 5.41) is 6.09. The molecule has 0 bridgehead atoms. The van der Waals surface area contributed by atoms with Crippen LogP contribution in [-0.4, -0.2) is 10.9 Å². The molecule has 1 amide bonds. The predicted molar refractivity (Wildman–Crippen MR) is 124 cm³/mol. The number of aryl methyl sites for hydroxylation is 1. The van der Waals surface area contributed by atoms with E-state index in [0.717, 1.165) is 44.2 Å². The molecule has 0 saturated heterocycles. The standard InChI is InChI=1S/C27H20N2O/c1-18-9-7-15-22-23(17-25(28-26(18)22)20-11-3-2-4-12-20)27(30)29-24-16-8-13-19-10-5-6-14-21(19)24/h2-17H,1H3,(H,29,30). The maximum absolute atomic E-state index is 13.4. The number of aromatic nitrogens is 1. The lowest BCUT2D eigenvalue weighted by Crippen LogP contribution is -2.13. The van der Waals surface area contributed by atoms with E-state index >= 15 is 0 Å². The van der Waals surface area contributed by atoms with Crippen molar-refractivity contribution in [3.8, 4) is 11.3 Å². The van der Waals surface area contributed by atoms with Crippen LogP contribution in [0.15, 0.2) is 97.1 Å². The summed E-state index contributed by atoms with van der Waals surface area (Å²) in [7, 11) is 0. The smallest absolute Gasteiger partial charge is 0.256 e. The van der Waals surface area contributed by atoms with E-state index in [-0.39, 0.29) is 5.91 Å². The zero-order chi connectivity index (χ0) is 20.5. The van der Waals surface area contributed by atoms with Crippen LogP contribution in [0.4, 0.5) is 5.69 Å². The van der Waals surface area contributed by atoms with Gasteiger partial charge in [-0.15, -0.1) is 0 Å². The Morgan fingerprint density at radius 2 is 1.47 bits per heavy atom. The van der Waals surface area contributed by atoms with Crippen LogP contribution in [-0.2, 0) is 0 Å². The van der Waals surface area contributed by atoms with Crippen LogP contribution >= 0.6 is 0 Å². The van der Waals surface area contributed by atoms with Crippen LogP contribution in [0.5, 0.6) is 0 Å². The van der Waals surface area contributed by atoms with Gasteiger partial charge in [-0.2, -0.15) is 0 Å². The third-order valence-corrected chi connectivity index (χ3v) is 5.39. The minimum atomic E-state index is -0.137. The van der Waals surface area contributed by atoms with Gasteiger partial charge in [0.2, 0.25) is 0 Å². The minimum Gasteiger partial charge on any atom is -0.321 e. The number of benzene rings is 4. The number of pyridine rings is 1. The number of anilines is 1. The zero-order valence-corrected chi connectivity index (χ0v) is 16.6. The Labute approximate surface area is 175 Å². The fraction of sp³-hybridized carbons (Fsp3) is 0.0370. The van der Waals surface area contributed by atoms with Gasteiger partial charge in [-0.1, -0.05) is 84.9 Å². The molecule has 0 aliphatic carbocycles. The normalized spacial score (nSPS) is 11.0. The Hall–Kier alpha value is -3.98. The lowest BCUT2D eigenvalue weighted by molar-refractivity contribution is 0.102. The molecule has 3 nitrogen and oxygen atoms in total. The fourth-order valence-electron chi connectivity index (χ4n) is 3.86. The highest BCUT2D eigenvalue weighted by Gasteiger charge is 2.16. The highest BCUT2D eigenvalue weighted by molar-refractivity contribution is 6.15. The van der Waals surface area contributed by atoms with Gasteiger partial charge < -0.3 is 5.32 Å². The van der Waals surface area contributed by atoms with Crippen molar-refractivity contribution in [2.45, 2.75) is 6.92 Å². The molecule has 1 aromatic heterocycles. The summed E-state index contributed by atoms with van der Waals surface area (Å²) in [5.74, 6) is -0.137. The van der Waals surface area contributed by atoms with Crippen LogP contribution in [0, 0.1) is 6.92 Å². The van der Waals surface area contributed by atoms with Gasteiger partial charge >= 0.3 is 0 Å². The zero-order valence-electron chi connectivity index (χ0n) is 16.6. The van der Waals surface area contributed by atoms with E-state index < -0.39 is 0 Å². The first-order valence-electron chi connectivity index (χ1n) is 9.95. The average molecular weight is 388 g/mol. The highest BCUT2D eigenvalue weighted by Crippen LogP contribution is 2.29. The van der Waals surface area contributed by atoms with Crippen LogP contribution < -0.4 is 5.32 Å². The van der Waals surface area contributed by atoms with Gasteiger partial charge in [0.1, 0.15) is 0 Å². The summed E-state index contributed by atoms with van der Waals surface area (Å²) >= 11 is 0. The molecule has 144 valence electrons. The van der Waals surface area contributed by atoms with Crippen molar-refractivity contribution in [2.24, 2.45) is 0 Å². The van der Waals surface area contributed by atoms with Gasteiger partial charge in [-0.3, -0.25) is 4.79 Å². The molecule has 5 aromatic rings. The predicted octanol–water partition coefficient (Wildman–Crippen LogP) is 6.62. The molecule has 0 radical (unpaired) electrons. The van der Waals surface area contributed by atoms with Crippen LogP contribution in [0.3, 0.4) is 0 Å². The summed E-state index contributed by atoms with van der Waals surface area (Å²) in [5.41, 5.74) is 5.10. The summed E-state index contributed by atoms with van der Waals surface area (Å²) in [6.45, 7) is 2.02. The van der Waals surface area contributed by atoms with Gasteiger partial charge in [0.15, 0.2) is 0 Å². The van der Waals surface area contributed by atoms with Crippen LogP contribution in [0.25, 0.3) is 32.9 Å². The SMILES string of the molecule is Cc1cccc2c(C(=O)Nc3cccc4ccccc34)cc(-c3ccccc3)nc12. The molecule has 0 fully saturated rings. The molecular weight excluding hydrogens is 368 g/mol. The Kier molecular flexibility index (Phi) is 4.49. The van der Waals surface area contributed by atoms with Gasteiger partial charge in [0.05, 0.1) is 16.8 Å². The van der Waals surface area contributed by atoms with Crippen molar-refractivity contribution < 1.29 is 4.79 Å². The number of hydrogen-bond donors (Lipinski definition) is 1. The first kappa shape index (κ1) is 18.1. The molecule has 0 spiro atoms. The molecule has 0 saturated carbocycles. The Morgan fingerprint density at radius 3 is 2.33 bits per heavy atom. The first-order chi connectivity index (χ1) is 14.7. The molecule has 0 atom stereocenters. The molecule has 3 heteroatoms. The van der Waals surface area contributed by atoms with Gasteiger partial charge in [-0.25, -0.2) is 4.98 Å². The monoisotopic (exact) mass is 388 g/mol. The number of rotatable bonds is 3. The Bertz CT molecular complexity index is 1390. The van der Waals surface area contributed by atoms with E-state index in [1.165, 1.54) is 0 Å². The van der Waals surface area contributed by atoms with Crippen LogP contribution in [0.2, 0.25) is 0 Å². The van der Waals surface area contributed by atoms with E-state index in [1.807, 2.05) is 104 Å². The lowest BCUT2D eigenvalue weighted by Gasteiger charge is -2.13. The summed E-state index contributed by atoms with van der Waals surface area (Å²) in [6, 6.07) is 31.8. The molecule has 0 aliphatic rings. The maximum atomic E-state index is 13.4. The van der Waals surface area contributed by atoms with Crippen molar-refractivity contribution in [3.63, 3.8) is 0 Å². The first-order valence-corrected chi connectivity index (χ1v) is 9.95. The number of carbonyl (C=O) groups is 1. The second-order valence-electron chi connectivity index (χ2n) is 7.37. The molecular formula is C27H20N2O. The number of para-hydroxylation sites is 1. The van der Waals surface area contributed by atoms with Crippen LogP contribution in [0.1, 0.15) is 15.9 Å². The highest BCUT2D eigenvalue weighted by atomic mass is 16.1. The van der Waals surface area contributed by atoms with E-state index in [9.17, 15) is 4.79 Å². The number of amides is 1. The summed E-state index contributed by atoms with van der Waals surface area (Å²) in [4.78, 5) is 18.3. The number of hydrogen-bond acceptors (Lipinski definition) is 2. The topological polar surface area (TPSA) is 42.0 Å². The third-order valence-electron chi connectivity index (χ3n) is 5.39. The number of nitrogens with one attached hydrogen (secondary N) is 1. The largest absolute Gasteiger partial charge is 0.321 e. The summed E-state index contributed by atoms with van der Waals surface area (Å²) < 4.78 is 0. The second kappa shape index (κ2) is 7.45. The molecule has 30 heavy (non-hydrogen) atoms. The maximum Gasteiger partial charge on any atom is 0.256 e. The molecule has 0 unspecified atom stereocenters. The molecule has 1 N–H and O–H groups in total. The third kappa shape index (κ3) is 3.20. The fourth-order valence-corrected chi connectivity index (χ4v) is 3.86. The molecule has 5 rings (SSSR count). The van der Waals surface area contributed by atoms with Crippen molar-refractivity contribution in [1.29, 1.82) is 0 Å². The Balaban J connectivity index is 1.65. The van der Waals surface area contributed by atoms with Crippen molar-refractivity contribution >= 4 is 33.3 Å². The van der Waals surface area contributed by atoms with Crippen molar-refractivity contribution in [3.05, 3.63) is 108 Å².